The standard InChI is InChI=1S/C27H22ClNO2/c1-17-22(28)13-8-14-23(17)29-26(30)24-20(18-9-4-2-5-10-18)15-16-21(25(24)27(29)31)19-11-6-3-7-12-19/h2-16,20-21,24-25H,1H3/t20-,21-,24-,25+/m1/s1. The van der Waals surface area contributed by atoms with Crippen molar-refractivity contribution < 1.29 is 9.59 Å². The zero-order valence-corrected chi connectivity index (χ0v) is 17.9. The molecule has 1 fully saturated rings. The fraction of sp³-hybridized carbons (Fsp3) is 0.185. The third kappa shape index (κ3) is 3.21. The van der Waals surface area contributed by atoms with Gasteiger partial charge in [-0.15, -0.1) is 0 Å². The highest BCUT2D eigenvalue weighted by Crippen LogP contribution is 2.50. The third-order valence-electron chi connectivity index (χ3n) is 6.55. The number of anilines is 1. The molecule has 4 heteroatoms. The topological polar surface area (TPSA) is 37.4 Å². The third-order valence-corrected chi connectivity index (χ3v) is 6.96. The van der Waals surface area contributed by atoms with Crippen molar-refractivity contribution in [3.8, 4) is 0 Å². The number of benzene rings is 3. The van der Waals surface area contributed by atoms with Crippen molar-refractivity contribution in [2.75, 3.05) is 4.90 Å². The van der Waals surface area contributed by atoms with Gasteiger partial charge in [-0.2, -0.15) is 0 Å². The number of rotatable bonds is 3. The van der Waals surface area contributed by atoms with Crippen molar-refractivity contribution in [2.45, 2.75) is 18.8 Å². The van der Waals surface area contributed by atoms with Crippen LogP contribution in [0.2, 0.25) is 5.02 Å². The maximum atomic E-state index is 13.8. The van der Waals surface area contributed by atoms with Gasteiger partial charge >= 0.3 is 0 Å². The first-order chi connectivity index (χ1) is 15.1. The first kappa shape index (κ1) is 19.8. The van der Waals surface area contributed by atoms with Gasteiger partial charge in [-0.05, 0) is 35.7 Å². The van der Waals surface area contributed by atoms with Crippen LogP contribution in [0.5, 0.6) is 0 Å². The Morgan fingerprint density at radius 3 is 1.65 bits per heavy atom. The number of allylic oxidation sites excluding steroid dienone is 2. The summed E-state index contributed by atoms with van der Waals surface area (Å²) in [5.74, 6) is -1.51. The minimum atomic E-state index is -0.455. The van der Waals surface area contributed by atoms with Gasteiger partial charge in [0.1, 0.15) is 0 Å². The summed E-state index contributed by atoms with van der Waals surface area (Å²) in [6, 6.07) is 25.3. The molecule has 2 amide bonds. The van der Waals surface area contributed by atoms with Crippen LogP contribution in [0.25, 0.3) is 0 Å². The highest BCUT2D eigenvalue weighted by molar-refractivity contribution is 6.32. The van der Waals surface area contributed by atoms with Crippen molar-refractivity contribution in [1.82, 2.24) is 0 Å². The molecule has 31 heavy (non-hydrogen) atoms. The second-order valence-corrected chi connectivity index (χ2v) is 8.61. The van der Waals surface area contributed by atoms with Crippen LogP contribution in [0.15, 0.2) is 91.0 Å². The molecule has 2 aliphatic rings. The highest BCUT2D eigenvalue weighted by atomic mass is 35.5. The Morgan fingerprint density at radius 1 is 0.677 bits per heavy atom. The zero-order valence-electron chi connectivity index (χ0n) is 17.1. The highest BCUT2D eigenvalue weighted by Gasteiger charge is 2.55. The van der Waals surface area contributed by atoms with Gasteiger partial charge in [0.2, 0.25) is 11.8 Å². The molecule has 3 nitrogen and oxygen atoms in total. The maximum absolute atomic E-state index is 13.8. The van der Waals surface area contributed by atoms with Crippen molar-refractivity contribution in [3.05, 3.63) is 113 Å². The van der Waals surface area contributed by atoms with Crippen LogP contribution in [-0.4, -0.2) is 11.8 Å². The Bertz CT molecular complexity index is 1100. The van der Waals surface area contributed by atoms with E-state index >= 15 is 0 Å². The summed E-state index contributed by atoms with van der Waals surface area (Å²) in [4.78, 5) is 29.0. The number of amides is 2. The number of fused-ring (bicyclic) bond motifs is 1. The molecule has 5 rings (SSSR count). The number of carbonyl (C=O) groups excluding carboxylic acids is 2. The lowest BCUT2D eigenvalue weighted by Gasteiger charge is -2.32. The summed E-state index contributed by atoms with van der Waals surface area (Å²) in [6.07, 6.45) is 4.21. The van der Waals surface area contributed by atoms with Crippen LogP contribution < -0.4 is 4.90 Å². The lowest BCUT2D eigenvalue weighted by molar-refractivity contribution is -0.122. The average Bonchev–Trinajstić information content (AvgIpc) is 3.07. The van der Waals surface area contributed by atoms with Crippen LogP contribution >= 0.6 is 11.6 Å². The minimum absolute atomic E-state index is 0.146. The molecule has 3 aromatic rings. The maximum Gasteiger partial charge on any atom is 0.238 e. The quantitative estimate of drug-likeness (QED) is 0.386. The summed E-state index contributed by atoms with van der Waals surface area (Å²) in [7, 11) is 0. The molecule has 3 aromatic carbocycles. The van der Waals surface area contributed by atoms with E-state index < -0.39 is 11.8 Å². The summed E-state index contributed by atoms with van der Waals surface area (Å²) in [5, 5.41) is 0.547. The molecule has 1 aliphatic carbocycles. The lowest BCUT2D eigenvalue weighted by Crippen LogP contribution is -2.32. The van der Waals surface area contributed by atoms with Crippen molar-refractivity contribution in [2.24, 2.45) is 11.8 Å². The van der Waals surface area contributed by atoms with Crippen molar-refractivity contribution >= 4 is 29.1 Å². The molecular weight excluding hydrogens is 406 g/mol. The Kier molecular flexibility index (Phi) is 4.99. The predicted octanol–water partition coefficient (Wildman–Crippen LogP) is 5.89. The van der Waals surface area contributed by atoms with E-state index in [1.807, 2.05) is 67.6 Å². The van der Waals surface area contributed by atoms with Crippen LogP contribution in [0.1, 0.15) is 28.5 Å². The van der Waals surface area contributed by atoms with E-state index in [0.29, 0.717) is 10.7 Å². The number of nitrogens with zero attached hydrogens (tertiary/aromatic N) is 1. The number of hydrogen-bond donors (Lipinski definition) is 0. The summed E-state index contributed by atoms with van der Waals surface area (Å²) in [5.41, 5.74) is 3.41. The fourth-order valence-electron chi connectivity index (χ4n) is 5.01. The minimum Gasteiger partial charge on any atom is -0.274 e. The Labute approximate surface area is 187 Å². The number of carbonyl (C=O) groups is 2. The van der Waals surface area contributed by atoms with E-state index in [1.165, 1.54) is 4.90 Å². The molecule has 0 N–H and O–H groups in total. The molecule has 0 unspecified atom stereocenters. The lowest BCUT2D eigenvalue weighted by atomic mass is 9.68. The molecule has 0 saturated carbocycles. The van der Waals surface area contributed by atoms with Gasteiger partial charge < -0.3 is 0 Å². The fourth-order valence-corrected chi connectivity index (χ4v) is 5.18. The first-order valence-electron chi connectivity index (χ1n) is 10.5. The van der Waals surface area contributed by atoms with Gasteiger partial charge in [0.25, 0.3) is 0 Å². The Morgan fingerprint density at radius 2 is 1.16 bits per heavy atom. The van der Waals surface area contributed by atoms with Crippen molar-refractivity contribution in [1.29, 1.82) is 0 Å². The van der Waals surface area contributed by atoms with Crippen molar-refractivity contribution in [3.63, 3.8) is 0 Å². The van der Waals surface area contributed by atoms with Gasteiger partial charge in [-0.1, -0.05) is 90.5 Å². The van der Waals surface area contributed by atoms with Gasteiger partial charge in [-0.3, -0.25) is 9.59 Å². The molecule has 154 valence electrons. The van der Waals surface area contributed by atoms with E-state index in [-0.39, 0.29) is 23.7 Å². The number of imide groups is 1. The molecule has 0 bridgehead atoms. The summed E-state index contributed by atoms with van der Waals surface area (Å²) >= 11 is 6.33. The molecule has 1 saturated heterocycles. The SMILES string of the molecule is Cc1c(Cl)cccc1N1C(=O)[C@@H]2[C@H](C1=O)[C@@H](c1ccccc1)C=C[C@@H]2c1ccccc1. The zero-order chi connectivity index (χ0) is 21.5. The molecule has 0 radical (unpaired) electrons. The molecule has 1 aliphatic heterocycles. The monoisotopic (exact) mass is 427 g/mol. The van der Waals surface area contributed by atoms with E-state index in [4.69, 9.17) is 11.6 Å². The van der Waals surface area contributed by atoms with Gasteiger partial charge in [-0.25, -0.2) is 4.90 Å². The molecule has 4 atom stereocenters. The molecule has 0 spiro atoms. The summed E-state index contributed by atoms with van der Waals surface area (Å²) < 4.78 is 0. The first-order valence-corrected chi connectivity index (χ1v) is 10.9. The van der Waals surface area contributed by atoms with Crippen LogP contribution in [0.4, 0.5) is 5.69 Å². The van der Waals surface area contributed by atoms with E-state index in [1.54, 1.807) is 18.2 Å². The Hall–Kier alpha value is -3.17. The van der Waals surface area contributed by atoms with E-state index in [0.717, 1.165) is 16.7 Å². The largest absolute Gasteiger partial charge is 0.274 e. The van der Waals surface area contributed by atoms with E-state index in [9.17, 15) is 9.59 Å². The predicted molar refractivity (Wildman–Crippen MR) is 123 cm³/mol. The van der Waals surface area contributed by atoms with Gasteiger partial charge in [0.15, 0.2) is 0 Å². The van der Waals surface area contributed by atoms with Gasteiger partial charge in [0, 0.05) is 16.9 Å². The normalized spacial score (nSPS) is 25.0. The van der Waals surface area contributed by atoms with Crippen LogP contribution in [-0.2, 0) is 9.59 Å². The second kappa shape index (κ2) is 7.82. The number of hydrogen-bond acceptors (Lipinski definition) is 2. The Balaban J connectivity index is 1.65. The molecule has 1 heterocycles. The second-order valence-electron chi connectivity index (χ2n) is 8.21. The molecular formula is C27H22ClNO2. The van der Waals surface area contributed by atoms with E-state index in [2.05, 4.69) is 12.2 Å². The smallest absolute Gasteiger partial charge is 0.238 e. The summed E-state index contributed by atoms with van der Waals surface area (Å²) in [6.45, 7) is 1.85. The number of halogens is 1. The van der Waals surface area contributed by atoms with Crippen LogP contribution in [0.3, 0.4) is 0 Å². The molecule has 0 aromatic heterocycles. The van der Waals surface area contributed by atoms with Crippen LogP contribution in [0, 0.1) is 18.8 Å². The van der Waals surface area contributed by atoms with Gasteiger partial charge in [0.05, 0.1) is 17.5 Å². The average molecular weight is 428 g/mol.